The zero-order valence-electron chi connectivity index (χ0n) is 21.1. The lowest BCUT2D eigenvalue weighted by molar-refractivity contribution is -0.261. The summed E-state index contributed by atoms with van der Waals surface area (Å²) in [6.45, 7) is 4.29. The maximum absolute atomic E-state index is 10.6. The molecule has 2 fully saturated rings. The lowest BCUT2D eigenvalue weighted by Gasteiger charge is -2.35. The van der Waals surface area contributed by atoms with Gasteiger partial charge in [0, 0.05) is 0 Å². The van der Waals surface area contributed by atoms with E-state index in [4.69, 9.17) is 23.7 Å². The Morgan fingerprint density at radius 2 is 1.32 bits per heavy atom. The van der Waals surface area contributed by atoms with Crippen molar-refractivity contribution in [1.29, 1.82) is 0 Å². The molecule has 2 aliphatic heterocycles. The van der Waals surface area contributed by atoms with Gasteiger partial charge < -0.3 is 28.8 Å². The van der Waals surface area contributed by atoms with E-state index in [9.17, 15) is 5.11 Å². The summed E-state index contributed by atoms with van der Waals surface area (Å²) in [5.41, 5.74) is 0.969. The van der Waals surface area contributed by atoms with Crippen LogP contribution in [0.15, 0.2) is 84.9 Å². The minimum atomic E-state index is -1.11. The van der Waals surface area contributed by atoms with Crippen molar-refractivity contribution < 1.29 is 28.8 Å². The zero-order valence-corrected chi connectivity index (χ0v) is 21.1. The van der Waals surface area contributed by atoms with Crippen LogP contribution < -0.4 is 0 Å². The van der Waals surface area contributed by atoms with Gasteiger partial charge in [-0.15, -0.1) is 0 Å². The van der Waals surface area contributed by atoms with Crippen LogP contribution in [0.25, 0.3) is 21.5 Å². The van der Waals surface area contributed by atoms with Crippen molar-refractivity contribution in [1.82, 2.24) is 0 Å². The fraction of sp³-hybridized carbons (Fsp3) is 0.355. The Hall–Kier alpha value is -2.84. The molecule has 0 aliphatic carbocycles. The standard InChI is InChI=1S/C31H32O6/c1-30(2)35-27-28(34-18-22-12-14-24-8-4-6-10-26(24)16-22)31(19-32,37-29(27)36-30)20-33-17-21-11-13-23-7-3-5-9-25(23)15-21/h3-16,27-29,32H,17-20H2,1-2H3/t27-,28+,29+,31+/m1/s1. The van der Waals surface area contributed by atoms with Gasteiger partial charge >= 0.3 is 0 Å². The third kappa shape index (κ3) is 4.89. The first-order valence-electron chi connectivity index (χ1n) is 12.7. The SMILES string of the molecule is CC1(C)O[C@H]2O[C@@](CO)(COCc3ccc4ccccc4c3)[C@@H](OCc3ccc4ccccc4c3)[C@H]2O1. The number of aliphatic hydroxyl groups excluding tert-OH is 1. The highest BCUT2D eigenvalue weighted by Gasteiger charge is 2.62. The van der Waals surface area contributed by atoms with Crippen LogP contribution in [0.3, 0.4) is 0 Å². The van der Waals surface area contributed by atoms with Crippen LogP contribution in [0.4, 0.5) is 0 Å². The van der Waals surface area contributed by atoms with Gasteiger partial charge in [0.15, 0.2) is 12.1 Å². The molecule has 1 N–H and O–H groups in total. The molecule has 6 nitrogen and oxygen atoms in total. The van der Waals surface area contributed by atoms with E-state index < -0.39 is 29.9 Å². The minimum absolute atomic E-state index is 0.138. The Kier molecular flexibility index (Phi) is 6.49. The third-order valence-electron chi connectivity index (χ3n) is 7.20. The first kappa shape index (κ1) is 24.5. The van der Waals surface area contributed by atoms with Crippen molar-refractivity contribution in [2.45, 2.75) is 56.9 Å². The van der Waals surface area contributed by atoms with Gasteiger partial charge in [-0.05, 0) is 58.7 Å². The summed E-state index contributed by atoms with van der Waals surface area (Å²) < 4.78 is 31.0. The number of aliphatic hydroxyl groups is 1. The molecule has 0 saturated carbocycles. The molecule has 6 heteroatoms. The highest BCUT2D eigenvalue weighted by Crippen LogP contribution is 2.44. The van der Waals surface area contributed by atoms with Crippen molar-refractivity contribution in [2.24, 2.45) is 0 Å². The molecular formula is C31H32O6. The van der Waals surface area contributed by atoms with Gasteiger partial charge in [-0.3, -0.25) is 0 Å². The topological polar surface area (TPSA) is 66.4 Å². The molecule has 0 amide bonds. The molecule has 2 saturated heterocycles. The largest absolute Gasteiger partial charge is 0.393 e. The van der Waals surface area contributed by atoms with Gasteiger partial charge in [0.2, 0.25) is 0 Å². The molecule has 2 aliphatic rings. The van der Waals surface area contributed by atoms with Crippen LogP contribution in [0.5, 0.6) is 0 Å². The van der Waals surface area contributed by atoms with E-state index in [1.165, 1.54) is 10.8 Å². The average molecular weight is 501 g/mol. The van der Waals surface area contributed by atoms with Gasteiger partial charge in [-0.25, -0.2) is 0 Å². The van der Waals surface area contributed by atoms with Gasteiger partial charge in [-0.2, -0.15) is 0 Å². The van der Waals surface area contributed by atoms with Gasteiger partial charge in [0.05, 0.1) is 26.4 Å². The van der Waals surface area contributed by atoms with Crippen molar-refractivity contribution in [3.8, 4) is 0 Å². The summed E-state index contributed by atoms with van der Waals surface area (Å²) >= 11 is 0. The summed E-state index contributed by atoms with van der Waals surface area (Å²) in [5.74, 6) is -0.798. The smallest absolute Gasteiger partial charge is 0.190 e. The van der Waals surface area contributed by atoms with E-state index in [0.29, 0.717) is 13.2 Å². The molecule has 37 heavy (non-hydrogen) atoms. The number of ether oxygens (including phenoxy) is 5. The molecule has 4 aromatic carbocycles. The van der Waals surface area contributed by atoms with E-state index in [1.807, 2.05) is 38.1 Å². The highest BCUT2D eigenvalue weighted by molar-refractivity contribution is 5.83. The van der Waals surface area contributed by atoms with Crippen LogP contribution in [0, 0.1) is 0 Å². The Morgan fingerprint density at radius 3 is 1.95 bits per heavy atom. The lowest BCUT2D eigenvalue weighted by Crippen LogP contribution is -2.52. The first-order chi connectivity index (χ1) is 17.9. The van der Waals surface area contributed by atoms with Gasteiger partial charge in [0.1, 0.15) is 17.8 Å². The van der Waals surface area contributed by atoms with E-state index >= 15 is 0 Å². The number of hydrogen-bond acceptors (Lipinski definition) is 6. The molecule has 0 bridgehead atoms. The molecule has 2 heterocycles. The highest BCUT2D eigenvalue weighted by atomic mass is 16.8. The summed E-state index contributed by atoms with van der Waals surface area (Å²) in [6.07, 6.45) is -1.70. The predicted molar refractivity (Wildman–Crippen MR) is 141 cm³/mol. The molecule has 0 spiro atoms. The van der Waals surface area contributed by atoms with Crippen molar-refractivity contribution in [3.05, 3.63) is 96.1 Å². The second kappa shape index (κ2) is 9.80. The van der Waals surface area contributed by atoms with Crippen molar-refractivity contribution >= 4 is 21.5 Å². The summed E-state index contributed by atoms with van der Waals surface area (Å²) in [6, 6.07) is 29.0. The van der Waals surface area contributed by atoms with Crippen LogP contribution in [0.2, 0.25) is 0 Å². The Balaban J connectivity index is 1.19. The minimum Gasteiger partial charge on any atom is -0.393 e. The molecule has 192 valence electrons. The first-order valence-corrected chi connectivity index (χ1v) is 12.7. The number of fused-ring (bicyclic) bond motifs is 3. The van der Waals surface area contributed by atoms with Crippen LogP contribution in [-0.2, 0) is 36.9 Å². The molecule has 0 radical (unpaired) electrons. The second-order valence-corrected chi connectivity index (χ2v) is 10.4. The Morgan fingerprint density at radius 1 is 0.730 bits per heavy atom. The molecular weight excluding hydrogens is 468 g/mol. The maximum Gasteiger partial charge on any atom is 0.190 e. The van der Waals surface area contributed by atoms with Gasteiger partial charge in [-0.1, -0.05) is 72.8 Å². The Bertz CT molecular complexity index is 1400. The number of benzene rings is 4. The molecule has 4 aromatic rings. The van der Waals surface area contributed by atoms with E-state index in [0.717, 1.165) is 21.9 Å². The quantitative estimate of drug-likeness (QED) is 0.353. The lowest BCUT2D eigenvalue weighted by atomic mass is 9.96. The van der Waals surface area contributed by atoms with Crippen LogP contribution in [0.1, 0.15) is 25.0 Å². The Labute approximate surface area is 216 Å². The molecule has 0 aromatic heterocycles. The zero-order chi connectivity index (χ0) is 25.5. The van der Waals surface area contributed by atoms with E-state index in [-0.39, 0.29) is 13.2 Å². The van der Waals surface area contributed by atoms with Gasteiger partial charge in [0.25, 0.3) is 0 Å². The predicted octanol–water partition coefficient (Wildman–Crippen LogP) is 5.33. The summed E-state index contributed by atoms with van der Waals surface area (Å²) in [5, 5.41) is 15.2. The third-order valence-corrected chi connectivity index (χ3v) is 7.20. The number of hydrogen-bond donors (Lipinski definition) is 1. The fourth-order valence-corrected chi connectivity index (χ4v) is 5.37. The van der Waals surface area contributed by atoms with E-state index in [1.54, 1.807) is 0 Å². The van der Waals surface area contributed by atoms with E-state index in [2.05, 4.69) is 60.7 Å². The van der Waals surface area contributed by atoms with Crippen LogP contribution in [-0.4, -0.2) is 48.2 Å². The number of rotatable bonds is 8. The van der Waals surface area contributed by atoms with Crippen molar-refractivity contribution in [3.63, 3.8) is 0 Å². The molecule has 4 atom stereocenters. The second-order valence-electron chi connectivity index (χ2n) is 10.4. The fourth-order valence-electron chi connectivity index (χ4n) is 5.37. The van der Waals surface area contributed by atoms with Crippen molar-refractivity contribution in [2.75, 3.05) is 13.2 Å². The molecule has 0 unspecified atom stereocenters. The summed E-state index contributed by atoms with van der Waals surface area (Å²) in [7, 11) is 0. The maximum atomic E-state index is 10.6. The normalized spacial score (nSPS) is 26.6. The van der Waals surface area contributed by atoms with Crippen LogP contribution >= 0.6 is 0 Å². The summed E-state index contributed by atoms with van der Waals surface area (Å²) in [4.78, 5) is 0. The monoisotopic (exact) mass is 500 g/mol. The molecule has 6 rings (SSSR count). The average Bonchev–Trinajstić information content (AvgIpc) is 3.35.